The van der Waals surface area contributed by atoms with Crippen molar-refractivity contribution in [2.45, 2.75) is 290 Å². The number of allylic oxidation sites excluding steroid dienone is 18. The highest BCUT2D eigenvalue weighted by atomic mass is 31.2. The summed E-state index contributed by atoms with van der Waals surface area (Å²) < 4.78 is 34.6. The molecular weight excluding hydrogens is 1040 g/mol. The molecule has 0 saturated heterocycles. The predicted molar refractivity (Wildman–Crippen MR) is 353 cm³/mol. The predicted octanol–water partition coefficient (Wildman–Crippen LogP) is 21.7. The molecule has 2 atom stereocenters. The van der Waals surface area contributed by atoms with Gasteiger partial charge in [-0.05, 0) is 96.3 Å². The Morgan fingerprint density at radius 2 is 0.707 bits per heavy atom. The normalized spacial score (nSPS) is 13.9. The van der Waals surface area contributed by atoms with Gasteiger partial charge >= 0.3 is 19.8 Å². The van der Waals surface area contributed by atoms with Gasteiger partial charge in [0.05, 0.1) is 27.7 Å². The van der Waals surface area contributed by atoms with Crippen LogP contribution in [0.25, 0.3) is 0 Å². The van der Waals surface area contributed by atoms with Gasteiger partial charge < -0.3 is 18.9 Å². The first-order valence-corrected chi connectivity index (χ1v) is 35.1. The summed E-state index contributed by atoms with van der Waals surface area (Å²) in [5, 5.41) is 0. The van der Waals surface area contributed by atoms with Crippen LogP contribution < -0.4 is 0 Å². The van der Waals surface area contributed by atoms with E-state index in [1.165, 1.54) is 173 Å². The number of rotatable bonds is 61. The van der Waals surface area contributed by atoms with E-state index < -0.39 is 26.5 Å². The summed E-state index contributed by atoms with van der Waals surface area (Å²) in [6, 6.07) is 0. The Bertz CT molecular complexity index is 1750. The van der Waals surface area contributed by atoms with Gasteiger partial charge in [-0.25, -0.2) is 4.57 Å². The minimum Gasteiger partial charge on any atom is -0.462 e. The van der Waals surface area contributed by atoms with Crippen molar-refractivity contribution in [1.29, 1.82) is 0 Å². The molecule has 9 nitrogen and oxygen atoms in total. The summed E-state index contributed by atoms with van der Waals surface area (Å²) in [6.45, 7) is 4.26. The molecule has 0 rings (SSSR count). The molecule has 82 heavy (non-hydrogen) atoms. The average Bonchev–Trinajstić information content (AvgIpc) is 3.46. The number of ether oxygens (including phenoxy) is 2. The molecule has 0 saturated carbocycles. The van der Waals surface area contributed by atoms with Gasteiger partial charge in [-0.3, -0.25) is 18.6 Å². The smallest absolute Gasteiger partial charge is 0.462 e. The molecule has 0 aromatic carbocycles. The number of carbonyl (C=O) groups is 2. The van der Waals surface area contributed by atoms with Gasteiger partial charge in [0.25, 0.3) is 0 Å². The van der Waals surface area contributed by atoms with Crippen LogP contribution in [0.3, 0.4) is 0 Å². The van der Waals surface area contributed by atoms with E-state index in [1.807, 2.05) is 21.1 Å². The number of nitrogens with zero attached hydrogens (tertiary/aromatic N) is 1. The van der Waals surface area contributed by atoms with E-state index >= 15 is 0 Å². The molecule has 0 amide bonds. The lowest BCUT2D eigenvalue weighted by Gasteiger charge is -2.24. The number of phosphoric acid groups is 1. The van der Waals surface area contributed by atoms with Crippen molar-refractivity contribution in [1.82, 2.24) is 0 Å². The van der Waals surface area contributed by atoms with Crippen LogP contribution in [0.5, 0.6) is 0 Å². The number of hydrogen-bond acceptors (Lipinski definition) is 7. The lowest BCUT2D eigenvalue weighted by Crippen LogP contribution is -2.37. The van der Waals surface area contributed by atoms with Crippen molar-refractivity contribution in [3.63, 3.8) is 0 Å². The molecule has 0 fully saturated rings. The number of carbonyl (C=O) groups excluding carboxylic acids is 2. The molecular formula is C72H127NO8P+. The topological polar surface area (TPSA) is 108 Å². The summed E-state index contributed by atoms with van der Waals surface area (Å²) in [7, 11) is 1.43. The van der Waals surface area contributed by atoms with Crippen LogP contribution in [0.4, 0.5) is 0 Å². The number of quaternary nitrogens is 1. The lowest BCUT2D eigenvalue weighted by atomic mass is 10.0. The third-order valence-corrected chi connectivity index (χ3v) is 15.3. The van der Waals surface area contributed by atoms with E-state index in [4.69, 9.17) is 18.5 Å². The Labute approximate surface area is 506 Å². The number of esters is 2. The van der Waals surface area contributed by atoms with E-state index in [1.54, 1.807) is 0 Å². The van der Waals surface area contributed by atoms with Gasteiger partial charge in [-0.1, -0.05) is 284 Å². The molecule has 472 valence electrons. The lowest BCUT2D eigenvalue weighted by molar-refractivity contribution is -0.870. The van der Waals surface area contributed by atoms with Crippen molar-refractivity contribution in [2.24, 2.45) is 0 Å². The van der Waals surface area contributed by atoms with Crippen LogP contribution >= 0.6 is 7.82 Å². The quantitative estimate of drug-likeness (QED) is 0.0211. The molecule has 0 aliphatic heterocycles. The Balaban J connectivity index is 4.08. The first-order chi connectivity index (χ1) is 40.0. The summed E-state index contributed by atoms with van der Waals surface area (Å²) in [6.07, 6.45) is 87.8. The maximum atomic E-state index is 12.8. The van der Waals surface area contributed by atoms with Crippen molar-refractivity contribution in [3.05, 3.63) is 109 Å². The molecule has 0 heterocycles. The molecule has 10 heteroatoms. The second kappa shape index (κ2) is 62.2. The highest BCUT2D eigenvalue weighted by molar-refractivity contribution is 7.47. The van der Waals surface area contributed by atoms with E-state index in [-0.39, 0.29) is 32.0 Å². The van der Waals surface area contributed by atoms with Crippen LogP contribution in [0.15, 0.2) is 109 Å². The highest BCUT2D eigenvalue weighted by Crippen LogP contribution is 2.43. The molecule has 0 radical (unpaired) electrons. The zero-order valence-corrected chi connectivity index (χ0v) is 54.6. The van der Waals surface area contributed by atoms with E-state index in [0.29, 0.717) is 23.9 Å². The van der Waals surface area contributed by atoms with Crippen LogP contribution in [-0.2, 0) is 32.7 Å². The molecule has 0 bridgehead atoms. The van der Waals surface area contributed by atoms with Crippen molar-refractivity contribution >= 4 is 19.8 Å². The number of hydrogen-bond donors (Lipinski definition) is 1. The zero-order chi connectivity index (χ0) is 59.8. The first-order valence-electron chi connectivity index (χ1n) is 33.6. The molecule has 2 unspecified atom stereocenters. The second-order valence-corrected chi connectivity index (χ2v) is 24.9. The minimum absolute atomic E-state index is 0.0165. The maximum absolute atomic E-state index is 12.8. The zero-order valence-electron chi connectivity index (χ0n) is 53.7. The first kappa shape index (κ1) is 78.7. The Morgan fingerprint density at radius 1 is 0.390 bits per heavy atom. The number of likely N-dealkylation sites (N-methyl/N-ethyl adjacent to an activating group) is 1. The fourth-order valence-electron chi connectivity index (χ4n) is 9.15. The van der Waals surface area contributed by atoms with Gasteiger partial charge in [0, 0.05) is 12.8 Å². The van der Waals surface area contributed by atoms with Gasteiger partial charge in [0.1, 0.15) is 19.8 Å². The van der Waals surface area contributed by atoms with Crippen LogP contribution in [0, 0.1) is 0 Å². The Kier molecular flexibility index (Phi) is 59.7. The fraction of sp³-hybridized carbons (Fsp3) is 0.722. The van der Waals surface area contributed by atoms with Gasteiger partial charge in [0.2, 0.25) is 0 Å². The minimum atomic E-state index is -4.41. The molecule has 0 aliphatic carbocycles. The molecule has 0 aromatic heterocycles. The summed E-state index contributed by atoms with van der Waals surface area (Å²) in [5.74, 6) is -0.864. The second-order valence-electron chi connectivity index (χ2n) is 23.5. The van der Waals surface area contributed by atoms with E-state index in [2.05, 4.69) is 123 Å². The monoisotopic (exact) mass is 1160 g/mol. The largest absolute Gasteiger partial charge is 0.472 e. The van der Waals surface area contributed by atoms with E-state index in [9.17, 15) is 19.0 Å². The van der Waals surface area contributed by atoms with Crippen LogP contribution in [0.2, 0.25) is 0 Å². The SMILES string of the molecule is CC/C=C\C/C=C\C/C=C\C/C=C\C/C=C\C/C=C\C/C=C\CCCC(=O)OC(COC(=O)CCCCCCCCCCCCCCCCCCCCCCCCC/C=C\C/C=C\CCCCCCC)COP(=O)(O)OCC[N+](C)(C)C. The Hall–Kier alpha value is -3.33. The van der Waals surface area contributed by atoms with Crippen molar-refractivity contribution < 1.29 is 42.1 Å². The highest BCUT2D eigenvalue weighted by Gasteiger charge is 2.27. The van der Waals surface area contributed by atoms with Crippen molar-refractivity contribution in [3.8, 4) is 0 Å². The third-order valence-electron chi connectivity index (χ3n) is 14.3. The summed E-state index contributed by atoms with van der Waals surface area (Å²) >= 11 is 0. The maximum Gasteiger partial charge on any atom is 0.472 e. The third kappa shape index (κ3) is 65.8. The molecule has 0 aromatic rings. The fourth-order valence-corrected chi connectivity index (χ4v) is 9.90. The average molecular weight is 1170 g/mol. The summed E-state index contributed by atoms with van der Waals surface area (Å²) in [4.78, 5) is 35.8. The standard InChI is InChI=1S/C72H126NO8P/c1-6-8-10-12-14-16-18-20-22-24-26-28-30-31-32-33-34-35-36-37-38-39-40-41-43-44-46-48-50-52-54-56-58-60-62-64-71(74)78-68-70(69-80-82(76,77)79-67-66-73(3,4)5)81-72(75)65-63-61-59-57-55-53-51-49-47-45-42-29-27-25-23-21-19-17-15-13-11-9-7-2/h9,11,15,17-18,20-21,23-24,26-27,29,45,47,51,53,57,59,70H,6-8,10,12-14,16,19,22,25,28,30-44,46,48-50,52,54-56,58,60-69H2,1-5H3/p+1/b11-9-,17-15-,20-18-,23-21-,26-24-,29-27-,47-45-,53-51-,59-57-. The van der Waals surface area contributed by atoms with Crippen molar-refractivity contribution in [2.75, 3.05) is 47.5 Å². The number of unbranched alkanes of at least 4 members (excludes halogenated alkanes) is 29. The van der Waals surface area contributed by atoms with Crippen LogP contribution in [-0.4, -0.2) is 74.9 Å². The van der Waals surface area contributed by atoms with Gasteiger partial charge in [-0.2, -0.15) is 0 Å². The molecule has 0 spiro atoms. The number of phosphoric ester groups is 1. The molecule has 1 N–H and O–H groups in total. The van der Waals surface area contributed by atoms with Gasteiger partial charge in [-0.15, -0.1) is 0 Å². The van der Waals surface area contributed by atoms with Gasteiger partial charge in [0.15, 0.2) is 6.10 Å². The summed E-state index contributed by atoms with van der Waals surface area (Å²) in [5.41, 5.74) is 0. The van der Waals surface area contributed by atoms with Crippen LogP contribution in [0.1, 0.15) is 284 Å². The molecule has 0 aliphatic rings. The Morgan fingerprint density at radius 3 is 1.07 bits per heavy atom. The van der Waals surface area contributed by atoms with E-state index in [0.717, 1.165) is 70.6 Å².